The van der Waals surface area contributed by atoms with Gasteiger partial charge in [-0.1, -0.05) is 12.1 Å². The van der Waals surface area contributed by atoms with Crippen molar-refractivity contribution in [3.05, 3.63) is 106 Å². The van der Waals surface area contributed by atoms with Crippen molar-refractivity contribution in [2.24, 2.45) is 0 Å². The number of halogens is 1. The summed E-state index contributed by atoms with van der Waals surface area (Å²) in [6.07, 6.45) is 0.748. The molecule has 38 heavy (non-hydrogen) atoms. The number of benzene rings is 3. The highest BCUT2D eigenvalue weighted by molar-refractivity contribution is 5.91. The largest absolute Gasteiger partial charge is 0.423 e. The molecule has 0 aliphatic carbocycles. The van der Waals surface area contributed by atoms with Gasteiger partial charge < -0.3 is 15.0 Å². The van der Waals surface area contributed by atoms with Gasteiger partial charge >= 0.3 is 5.97 Å². The Morgan fingerprint density at radius 2 is 1.89 bits per heavy atom. The van der Waals surface area contributed by atoms with Crippen LogP contribution >= 0.6 is 0 Å². The zero-order valence-electron chi connectivity index (χ0n) is 21.3. The van der Waals surface area contributed by atoms with Crippen LogP contribution in [0.4, 0.5) is 21.8 Å². The fourth-order valence-electron chi connectivity index (χ4n) is 4.65. The summed E-state index contributed by atoms with van der Waals surface area (Å²) < 4.78 is 18.9. The Balaban J connectivity index is 1.37. The monoisotopic (exact) mass is 507 g/mol. The minimum absolute atomic E-state index is 0.0301. The molecule has 1 unspecified atom stereocenters. The van der Waals surface area contributed by atoms with Gasteiger partial charge in [-0.05, 0) is 92.9 Å². The van der Waals surface area contributed by atoms with E-state index in [9.17, 15) is 9.18 Å². The second kappa shape index (κ2) is 10.3. The van der Waals surface area contributed by atoms with Crippen LogP contribution in [0.1, 0.15) is 51.3 Å². The number of carbonyl (C=O) groups is 1. The van der Waals surface area contributed by atoms with Gasteiger partial charge in [0.05, 0.1) is 23.2 Å². The fraction of sp³-hybridized carbons (Fsp3) is 0.200. The van der Waals surface area contributed by atoms with Crippen LogP contribution in [0.3, 0.4) is 0 Å². The number of aryl methyl sites for hydroxylation is 1. The Bertz CT molecular complexity index is 1560. The molecule has 1 aromatic heterocycles. The van der Waals surface area contributed by atoms with Crippen LogP contribution < -0.4 is 15.0 Å². The van der Waals surface area contributed by atoms with Gasteiger partial charge in [0.25, 0.3) is 0 Å². The number of nitrogens with zero attached hydrogens (tertiary/aromatic N) is 4. The maximum atomic E-state index is 13.3. The minimum Gasteiger partial charge on any atom is -0.423 e. The fourth-order valence-corrected chi connectivity index (χ4v) is 4.65. The van der Waals surface area contributed by atoms with Crippen LogP contribution in [0.2, 0.25) is 0 Å². The van der Waals surface area contributed by atoms with Crippen molar-refractivity contribution in [2.75, 3.05) is 16.8 Å². The molecular formula is C30H26FN5O2. The molecule has 1 atom stereocenters. The van der Waals surface area contributed by atoms with Crippen LogP contribution in [-0.4, -0.2) is 22.5 Å². The van der Waals surface area contributed by atoms with Crippen molar-refractivity contribution in [3.8, 4) is 11.8 Å². The second-order valence-electron chi connectivity index (χ2n) is 9.28. The zero-order chi connectivity index (χ0) is 26.8. The molecule has 5 rings (SSSR count). The van der Waals surface area contributed by atoms with Gasteiger partial charge in [0.15, 0.2) is 0 Å². The molecule has 1 aliphatic heterocycles. The Kier molecular flexibility index (Phi) is 6.75. The number of esters is 1. The number of aromatic nitrogens is 2. The summed E-state index contributed by atoms with van der Waals surface area (Å²) in [5.74, 6) is 0.963. The van der Waals surface area contributed by atoms with Crippen molar-refractivity contribution >= 4 is 23.4 Å². The van der Waals surface area contributed by atoms with Gasteiger partial charge in [-0.25, -0.2) is 14.2 Å². The first-order valence-electron chi connectivity index (χ1n) is 12.3. The van der Waals surface area contributed by atoms with E-state index >= 15 is 0 Å². The van der Waals surface area contributed by atoms with Gasteiger partial charge in [-0.2, -0.15) is 10.2 Å². The Labute approximate surface area is 220 Å². The third kappa shape index (κ3) is 5.04. The lowest BCUT2D eigenvalue weighted by molar-refractivity contribution is 0.0734. The predicted octanol–water partition coefficient (Wildman–Crippen LogP) is 6.19. The highest BCUT2D eigenvalue weighted by Gasteiger charge is 2.28. The lowest BCUT2D eigenvalue weighted by Crippen LogP contribution is -2.35. The lowest BCUT2D eigenvalue weighted by Gasteiger charge is -2.37. The molecule has 0 radical (unpaired) electrons. The minimum atomic E-state index is -0.499. The molecule has 1 N–H and O–H groups in total. The normalized spacial score (nSPS) is 14.4. The highest BCUT2D eigenvalue weighted by Crippen LogP contribution is 2.36. The zero-order valence-corrected chi connectivity index (χ0v) is 21.3. The number of rotatable bonds is 5. The number of nitriles is 1. The molecule has 0 saturated carbocycles. The maximum Gasteiger partial charge on any atom is 0.343 e. The van der Waals surface area contributed by atoms with Crippen LogP contribution in [0.5, 0.6) is 5.75 Å². The number of anilines is 3. The number of ether oxygens (including phenoxy) is 1. The van der Waals surface area contributed by atoms with Crippen LogP contribution in [-0.2, 0) is 6.42 Å². The third-order valence-electron chi connectivity index (χ3n) is 6.83. The molecule has 0 amide bonds. The Morgan fingerprint density at radius 3 is 2.66 bits per heavy atom. The average Bonchev–Trinajstić information content (AvgIpc) is 2.92. The van der Waals surface area contributed by atoms with Crippen molar-refractivity contribution in [1.29, 1.82) is 5.26 Å². The summed E-state index contributed by atoms with van der Waals surface area (Å²) in [4.78, 5) is 24.3. The molecule has 0 bridgehead atoms. The van der Waals surface area contributed by atoms with Gasteiger partial charge in [-0.3, -0.25) is 0 Å². The van der Waals surface area contributed by atoms with Gasteiger partial charge in [0.1, 0.15) is 17.4 Å². The number of hydrogen-bond donors (Lipinski definition) is 1. The standard InChI is InChI=1S/C30H26FN5O2/c1-18-19(2)33-30(34-25-9-7-24(31)8-10-25)35-28(18)36-14-13-22-16-26(11-12-27(22)20(36)3)38-29(37)23-6-4-5-21(15-23)17-32/h4-12,15-16,20H,13-14H2,1-3H3,(H,33,34,35). The lowest BCUT2D eigenvalue weighted by atomic mass is 9.93. The number of fused-ring (bicyclic) bond motifs is 1. The van der Waals surface area contributed by atoms with Crippen LogP contribution in [0.25, 0.3) is 0 Å². The van der Waals surface area contributed by atoms with E-state index in [2.05, 4.69) is 22.1 Å². The maximum absolute atomic E-state index is 13.3. The summed E-state index contributed by atoms with van der Waals surface area (Å²) in [5, 5.41) is 12.3. The van der Waals surface area contributed by atoms with Crippen LogP contribution in [0, 0.1) is 31.0 Å². The van der Waals surface area contributed by atoms with Crippen molar-refractivity contribution < 1.29 is 13.9 Å². The summed E-state index contributed by atoms with van der Waals surface area (Å²) in [6, 6.07) is 20.3. The van der Waals surface area contributed by atoms with E-state index in [1.165, 1.54) is 18.2 Å². The number of nitrogens with one attached hydrogen (secondary N) is 1. The highest BCUT2D eigenvalue weighted by atomic mass is 19.1. The van der Waals surface area contributed by atoms with Gasteiger partial charge in [0, 0.05) is 23.5 Å². The first kappa shape index (κ1) is 24.9. The van der Waals surface area contributed by atoms with Crippen molar-refractivity contribution in [3.63, 3.8) is 0 Å². The second-order valence-corrected chi connectivity index (χ2v) is 9.28. The summed E-state index contributed by atoms with van der Waals surface area (Å²) >= 11 is 0. The molecule has 0 saturated heterocycles. The first-order valence-corrected chi connectivity index (χ1v) is 12.3. The van der Waals surface area contributed by atoms with Crippen LogP contribution in [0.15, 0.2) is 66.7 Å². The Hall–Kier alpha value is -4.77. The molecule has 0 fully saturated rings. The molecule has 3 aromatic carbocycles. The van der Waals surface area contributed by atoms with E-state index in [1.54, 1.807) is 36.4 Å². The molecule has 190 valence electrons. The molecule has 4 aromatic rings. The third-order valence-corrected chi connectivity index (χ3v) is 6.83. The molecule has 8 heteroatoms. The predicted molar refractivity (Wildman–Crippen MR) is 143 cm³/mol. The summed E-state index contributed by atoms with van der Waals surface area (Å²) in [5.41, 5.74) is 5.55. The van der Waals surface area contributed by atoms with E-state index in [0.717, 1.165) is 41.2 Å². The Morgan fingerprint density at radius 1 is 1.11 bits per heavy atom. The summed E-state index contributed by atoms with van der Waals surface area (Å²) in [6.45, 7) is 6.81. The SMILES string of the molecule is Cc1nc(Nc2ccc(F)cc2)nc(N2CCc3cc(OC(=O)c4cccc(C#N)c4)ccc3C2C)c1C. The van der Waals surface area contributed by atoms with E-state index in [4.69, 9.17) is 15.0 Å². The molecule has 0 spiro atoms. The summed E-state index contributed by atoms with van der Waals surface area (Å²) in [7, 11) is 0. The number of hydrogen-bond acceptors (Lipinski definition) is 7. The molecule has 1 aliphatic rings. The van der Waals surface area contributed by atoms with Gasteiger partial charge in [0.2, 0.25) is 5.95 Å². The molecule has 7 nitrogen and oxygen atoms in total. The smallest absolute Gasteiger partial charge is 0.343 e. The topological polar surface area (TPSA) is 91.1 Å². The van der Waals surface area contributed by atoms with E-state index in [1.807, 2.05) is 32.0 Å². The molecule has 2 heterocycles. The van der Waals surface area contributed by atoms with E-state index in [-0.39, 0.29) is 11.9 Å². The number of carbonyl (C=O) groups excluding carboxylic acids is 1. The average molecular weight is 508 g/mol. The van der Waals surface area contributed by atoms with Gasteiger partial charge in [-0.15, -0.1) is 0 Å². The van der Waals surface area contributed by atoms with E-state index < -0.39 is 5.97 Å². The van der Waals surface area contributed by atoms with Crippen molar-refractivity contribution in [2.45, 2.75) is 33.2 Å². The molecular weight excluding hydrogens is 481 g/mol. The quantitative estimate of drug-likeness (QED) is 0.254. The van der Waals surface area contributed by atoms with E-state index in [0.29, 0.717) is 28.5 Å². The van der Waals surface area contributed by atoms with Crippen molar-refractivity contribution in [1.82, 2.24) is 9.97 Å². The first-order chi connectivity index (χ1) is 18.3.